The number of fused-ring (bicyclic) bond motifs is 1. The van der Waals surface area contributed by atoms with Crippen molar-refractivity contribution in [3.05, 3.63) is 95.2 Å². The number of sulfonamides is 1. The zero-order chi connectivity index (χ0) is 24.5. The molecule has 1 heterocycles. The summed E-state index contributed by atoms with van der Waals surface area (Å²) in [7, 11) is -3.77. The fourth-order valence-electron chi connectivity index (χ4n) is 3.61. The number of amides is 2. The number of primary sulfonamides is 1. The number of carbonyl (C=O) groups excluding carboxylic acids is 3. The summed E-state index contributed by atoms with van der Waals surface area (Å²) in [6.45, 7) is 1.81. The first-order valence-electron chi connectivity index (χ1n) is 10.3. The second-order valence-electron chi connectivity index (χ2n) is 7.81. The van der Waals surface area contributed by atoms with Gasteiger partial charge >= 0.3 is 0 Å². The fraction of sp³-hybridized carbons (Fsp3) is 0.0800. The van der Waals surface area contributed by atoms with E-state index >= 15 is 0 Å². The third-order valence-corrected chi connectivity index (χ3v) is 6.38. The SMILES string of the molecule is CC(=O)c1ccc(-c2ccc3c(c2)C(=CNCc2ccc(S(N)(=O)=O)cc2)C(=O)NC3=O)cc1. The van der Waals surface area contributed by atoms with Crippen molar-refractivity contribution in [2.24, 2.45) is 5.14 Å². The number of nitrogens with one attached hydrogen (secondary N) is 2. The Bertz CT molecular complexity index is 1440. The molecule has 4 rings (SSSR count). The van der Waals surface area contributed by atoms with Crippen molar-refractivity contribution in [1.82, 2.24) is 10.6 Å². The standard InChI is InChI=1S/C25H21N3O5S/c1-15(29)17-4-6-18(7-5-17)19-8-11-21-22(12-19)23(25(31)28-24(21)30)14-27-13-16-2-9-20(10-3-16)34(26,32)33/h2-12,14,27H,13H2,1H3,(H2,26,32,33)(H,28,30,31). The van der Waals surface area contributed by atoms with Gasteiger partial charge in [-0.3, -0.25) is 19.7 Å². The normalized spacial score (nSPS) is 14.5. The van der Waals surface area contributed by atoms with Gasteiger partial charge in [0.25, 0.3) is 11.8 Å². The minimum Gasteiger partial charge on any atom is -0.386 e. The molecule has 34 heavy (non-hydrogen) atoms. The smallest absolute Gasteiger partial charge is 0.260 e. The van der Waals surface area contributed by atoms with E-state index in [0.717, 1.165) is 16.7 Å². The maximum Gasteiger partial charge on any atom is 0.260 e. The molecule has 0 saturated heterocycles. The van der Waals surface area contributed by atoms with Gasteiger partial charge in [-0.05, 0) is 47.9 Å². The van der Waals surface area contributed by atoms with Crippen molar-refractivity contribution in [1.29, 1.82) is 0 Å². The summed E-state index contributed by atoms with van der Waals surface area (Å²) in [5.74, 6) is -1.04. The molecule has 4 N–H and O–H groups in total. The lowest BCUT2D eigenvalue weighted by Crippen LogP contribution is -2.37. The van der Waals surface area contributed by atoms with Crippen LogP contribution in [0.5, 0.6) is 0 Å². The Morgan fingerprint density at radius 1 is 0.912 bits per heavy atom. The molecule has 0 atom stereocenters. The maximum absolute atomic E-state index is 12.6. The maximum atomic E-state index is 12.6. The van der Waals surface area contributed by atoms with Crippen LogP contribution in [0.3, 0.4) is 0 Å². The van der Waals surface area contributed by atoms with Gasteiger partial charge in [-0.25, -0.2) is 13.6 Å². The molecule has 0 aromatic heterocycles. The summed E-state index contributed by atoms with van der Waals surface area (Å²) in [6, 6.07) is 18.4. The minimum absolute atomic E-state index is 0.0116. The molecule has 9 heteroatoms. The lowest BCUT2D eigenvalue weighted by molar-refractivity contribution is -0.114. The summed E-state index contributed by atoms with van der Waals surface area (Å²) in [5, 5.41) is 10.5. The molecule has 0 radical (unpaired) electrons. The Hall–Kier alpha value is -4.08. The van der Waals surface area contributed by atoms with Crippen molar-refractivity contribution < 1.29 is 22.8 Å². The lowest BCUT2D eigenvalue weighted by atomic mass is 9.91. The molecule has 0 spiro atoms. The van der Waals surface area contributed by atoms with E-state index in [-0.39, 0.29) is 16.3 Å². The van der Waals surface area contributed by atoms with Gasteiger partial charge in [-0.2, -0.15) is 0 Å². The Morgan fingerprint density at radius 3 is 2.18 bits per heavy atom. The number of hydrogen-bond acceptors (Lipinski definition) is 6. The van der Waals surface area contributed by atoms with E-state index in [2.05, 4.69) is 10.6 Å². The molecule has 1 aliphatic rings. The van der Waals surface area contributed by atoms with E-state index < -0.39 is 21.8 Å². The Kier molecular flexibility index (Phi) is 6.14. The summed E-state index contributed by atoms with van der Waals surface area (Å²) >= 11 is 0. The molecule has 3 aromatic carbocycles. The highest BCUT2D eigenvalue weighted by molar-refractivity contribution is 7.89. The first-order chi connectivity index (χ1) is 16.1. The molecule has 2 amide bonds. The van der Waals surface area contributed by atoms with Gasteiger partial charge in [0.1, 0.15) is 0 Å². The van der Waals surface area contributed by atoms with Crippen LogP contribution in [0.25, 0.3) is 16.7 Å². The van der Waals surface area contributed by atoms with E-state index in [1.807, 2.05) is 12.1 Å². The molecule has 3 aromatic rings. The van der Waals surface area contributed by atoms with Crippen molar-refractivity contribution in [2.75, 3.05) is 0 Å². The van der Waals surface area contributed by atoms with E-state index in [1.165, 1.54) is 25.3 Å². The van der Waals surface area contributed by atoms with Crippen LogP contribution in [0, 0.1) is 0 Å². The van der Waals surface area contributed by atoms with E-state index in [4.69, 9.17) is 5.14 Å². The Balaban J connectivity index is 1.61. The average molecular weight is 476 g/mol. The Morgan fingerprint density at radius 2 is 1.56 bits per heavy atom. The highest BCUT2D eigenvalue weighted by Gasteiger charge is 2.27. The fourth-order valence-corrected chi connectivity index (χ4v) is 4.13. The first-order valence-corrected chi connectivity index (χ1v) is 11.8. The largest absolute Gasteiger partial charge is 0.386 e. The van der Waals surface area contributed by atoms with Gasteiger partial charge in [0, 0.05) is 29.4 Å². The number of ketones is 1. The lowest BCUT2D eigenvalue weighted by Gasteiger charge is -2.19. The Labute approximate surface area is 196 Å². The molecule has 172 valence electrons. The van der Waals surface area contributed by atoms with Crippen molar-refractivity contribution in [3.8, 4) is 11.1 Å². The van der Waals surface area contributed by atoms with Gasteiger partial charge in [-0.1, -0.05) is 42.5 Å². The molecular formula is C25H21N3O5S. The summed E-state index contributed by atoms with van der Waals surface area (Å²) in [6.07, 6.45) is 1.52. The first kappa shape index (κ1) is 23.1. The second-order valence-corrected chi connectivity index (χ2v) is 9.37. The molecule has 0 bridgehead atoms. The summed E-state index contributed by atoms with van der Waals surface area (Å²) in [5.41, 5.74) is 4.15. The predicted molar refractivity (Wildman–Crippen MR) is 127 cm³/mol. The summed E-state index contributed by atoms with van der Waals surface area (Å²) < 4.78 is 22.8. The van der Waals surface area contributed by atoms with Gasteiger partial charge in [-0.15, -0.1) is 0 Å². The van der Waals surface area contributed by atoms with Crippen LogP contribution in [0.15, 0.2) is 77.8 Å². The second kappa shape index (κ2) is 9.05. The third kappa shape index (κ3) is 4.80. The van der Waals surface area contributed by atoms with Crippen LogP contribution in [-0.4, -0.2) is 26.0 Å². The number of imide groups is 1. The zero-order valence-electron chi connectivity index (χ0n) is 18.2. The molecule has 1 aliphatic heterocycles. The van der Waals surface area contributed by atoms with Gasteiger partial charge in [0.2, 0.25) is 10.0 Å². The molecule has 0 fully saturated rings. The van der Waals surface area contributed by atoms with E-state index in [0.29, 0.717) is 23.2 Å². The molecule has 0 saturated carbocycles. The van der Waals surface area contributed by atoms with Crippen LogP contribution in [0.4, 0.5) is 0 Å². The van der Waals surface area contributed by atoms with Crippen LogP contribution in [0.2, 0.25) is 0 Å². The predicted octanol–water partition coefficient (Wildman–Crippen LogP) is 2.60. The van der Waals surface area contributed by atoms with Gasteiger partial charge in [0.15, 0.2) is 5.78 Å². The van der Waals surface area contributed by atoms with E-state index in [1.54, 1.807) is 42.5 Å². The van der Waals surface area contributed by atoms with E-state index in [9.17, 15) is 22.8 Å². The monoisotopic (exact) mass is 475 g/mol. The summed E-state index contributed by atoms with van der Waals surface area (Å²) in [4.78, 5) is 36.5. The molecule has 0 unspecified atom stereocenters. The van der Waals surface area contributed by atoms with Gasteiger partial charge < -0.3 is 5.32 Å². The number of Topliss-reactive ketones (excluding diaryl/α,β-unsaturated/α-hetero) is 1. The molecule has 8 nitrogen and oxygen atoms in total. The third-order valence-electron chi connectivity index (χ3n) is 5.46. The molecular weight excluding hydrogens is 454 g/mol. The van der Waals surface area contributed by atoms with Crippen LogP contribution >= 0.6 is 0 Å². The highest BCUT2D eigenvalue weighted by atomic mass is 32.2. The zero-order valence-corrected chi connectivity index (χ0v) is 19.0. The molecule has 0 aliphatic carbocycles. The van der Waals surface area contributed by atoms with Crippen LogP contribution in [0.1, 0.15) is 38.8 Å². The number of benzene rings is 3. The number of nitrogens with two attached hydrogens (primary N) is 1. The minimum atomic E-state index is -3.77. The highest BCUT2D eigenvalue weighted by Crippen LogP contribution is 2.29. The van der Waals surface area contributed by atoms with Crippen LogP contribution in [-0.2, 0) is 21.4 Å². The van der Waals surface area contributed by atoms with Crippen molar-refractivity contribution in [3.63, 3.8) is 0 Å². The number of hydrogen-bond donors (Lipinski definition) is 3. The van der Waals surface area contributed by atoms with Crippen molar-refractivity contribution in [2.45, 2.75) is 18.4 Å². The number of rotatable bonds is 6. The van der Waals surface area contributed by atoms with Crippen LogP contribution < -0.4 is 15.8 Å². The topological polar surface area (TPSA) is 135 Å². The quantitative estimate of drug-likeness (QED) is 0.285. The number of carbonyl (C=O) groups is 3. The average Bonchev–Trinajstić information content (AvgIpc) is 2.80. The van der Waals surface area contributed by atoms with Gasteiger partial charge in [0.05, 0.1) is 10.5 Å². The van der Waals surface area contributed by atoms with Crippen molar-refractivity contribution >= 4 is 33.2 Å².